The summed E-state index contributed by atoms with van der Waals surface area (Å²) in [5.74, 6) is 1.06. The van der Waals surface area contributed by atoms with Crippen LogP contribution in [0.2, 0.25) is 10.0 Å². The fraction of sp³-hybridized carbons (Fsp3) is 0.263. The number of hydrogen-bond donors (Lipinski definition) is 1. The van der Waals surface area contributed by atoms with Crippen LogP contribution in [0.4, 0.5) is 0 Å². The van der Waals surface area contributed by atoms with E-state index in [1.165, 1.54) is 18.2 Å². The topological polar surface area (TPSA) is 86.1 Å². The number of aromatic nitrogens is 3. The SMILES string of the molecule is CCn1c(Oc2cccc(C)c2)nnc1[C@@H](C)NS(=O)(=O)c1ccc(Cl)c(Cl)c1. The highest BCUT2D eigenvalue weighted by Crippen LogP contribution is 2.27. The molecular weight excluding hydrogens is 435 g/mol. The van der Waals surface area contributed by atoms with Crippen molar-refractivity contribution in [2.45, 2.75) is 38.3 Å². The van der Waals surface area contributed by atoms with Gasteiger partial charge in [0.2, 0.25) is 10.0 Å². The largest absolute Gasteiger partial charge is 0.424 e. The minimum atomic E-state index is -3.84. The van der Waals surface area contributed by atoms with Gasteiger partial charge < -0.3 is 4.74 Å². The number of ether oxygens (including phenoxy) is 1. The zero-order valence-electron chi connectivity index (χ0n) is 16.1. The Morgan fingerprint density at radius 1 is 1.14 bits per heavy atom. The summed E-state index contributed by atoms with van der Waals surface area (Å²) >= 11 is 11.8. The smallest absolute Gasteiger partial charge is 0.322 e. The highest BCUT2D eigenvalue weighted by atomic mass is 35.5. The van der Waals surface area contributed by atoms with E-state index in [0.29, 0.717) is 18.1 Å². The minimum absolute atomic E-state index is 0.0116. The quantitative estimate of drug-likeness (QED) is 0.556. The lowest BCUT2D eigenvalue weighted by Gasteiger charge is -2.15. The third-order valence-corrected chi connectivity index (χ3v) is 6.46. The van der Waals surface area contributed by atoms with Gasteiger partial charge >= 0.3 is 6.01 Å². The first-order valence-corrected chi connectivity index (χ1v) is 11.1. The molecule has 7 nitrogen and oxygen atoms in total. The Labute approximate surface area is 179 Å². The normalized spacial score (nSPS) is 12.7. The van der Waals surface area contributed by atoms with Gasteiger partial charge in [0, 0.05) is 6.54 Å². The standard InChI is InChI=1S/C19H20Cl2N4O3S/c1-4-25-18(22-23-19(25)28-14-7-5-6-12(2)10-14)13(3)24-29(26,27)15-8-9-16(20)17(21)11-15/h5-11,13,24H,4H2,1-3H3/t13-/m1/s1. The Morgan fingerprint density at radius 2 is 1.90 bits per heavy atom. The van der Waals surface area contributed by atoms with Crippen molar-refractivity contribution in [3.05, 3.63) is 63.9 Å². The zero-order chi connectivity index (χ0) is 21.2. The second kappa shape index (κ2) is 8.71. The van der Waals surface area contributed by atoms with Crippen LogP contribution >= 0.6 is 23.2 Å². The van der Waals surface area contributed by atoms with Crippen LogP contribution in [-0.4, -0.2) is 23.2 Å². The highest BCUT2D eigenvalue weighted by molar-refractivity contribution is 7.89. The van der Waals surface area contributed by atoms with Gasteiger partial charge in [-0.3, -0.25) is 4.57 Å². The Balaban J connectivity index is 1.84. The molecule has 0 amide bonds. The van der Waals surface area contributed by atoms with Crippen LogP contribution in [0.3, 0.4) is 0 Å². The van der Waals surface area contributed by atoms with E-state index in [4.69, 9.17) is 27.9 Å². The molecule has 10 heteroatoms. The molecule has 0 saturated heterocycles. The average Bonchev–Trinajstić information content (AvgIpc) is 3.06. The predicted octanol–water partition coefficient (Wildman–Crippen LogP) is 4.75. The summed E-state index contributed by atoms with van der Waals surface area (Å²) in [4.78, 5) is 0.0116. The number of nitrogens with one attached hydrogen (secondary N) is 1. The van der Waals surface area contributed by atoms with Crippen LogP contribution in [0.5, 0.6) is 11.8 Å². The van der Waals surface area contributed by atoms with E-state index in [0.717, 1.165) is 5.56 Å². The maximum absolute atomic E-state index is 12.7. The van der Waals surface area contributed by atoms with E-state index in [1.807, 2.05) is 38.1 Å². The number of benzene rings is 2. The summed E-state index contributed by atoms with van der Waals surface area (Å²) in [6.07, 6.45) is 0. The van der Waals surface area contributed by atoms with Crippen molar-refractivity contribution in [2.75, 3.05) is 0 Å². The zero-order valence-corrected chi connectivity index (χ0v) is 18.4. The molecule has 1 atom stereocenters. The van der Waals surface area contributed by atoms with Crippen LogP contribution in [0, 0.1) is 6.92 Å². The van der Waals surface area contributed by atoms with Crippen molar-refractivity contribution in [3.8, 4) is 11.8 Å². The third kappa shape index (κ3) is 4.90. The fourth-order valence-electron chi connectivity index (χ4n) is 2.77. The van der Waals surface area contributed by atoms with Crippen molar-refractivity contribution in [1.82, 2.24) is 19.5 Å². The second-order valence-corrected chi connectivity index (χ2v) is 8.95. The number of hydrogen-bond acceptors (Lipinski definition) is 5. The van der Waals surface area contributed by atoms with Gasteiger partial charge in [-0.1, -0.05) is 40.4 Å². The van der Waals surface area contributed by atoms with Gasteiger partial charge in [0.05, 0.1) is 21.0 Å². The van der Waals surface area contributed by atoms with Gasteiger partial charge in [0.15, 0.2) is 5.82 Å². The summed E-state index contributed by atoms with van der Waals surface area (Å²) in [7, 11) is -3.84. The van der Waals surface area contributed by atoms with Gasteiger partial charge in [-0.2, -0.15) is 0 Å². The van der Waals surface area contributed by atoms with Crippen LogP contribution in [0.1, 0.15) is 31.3 Å². The lowest BCUT2D eigenvalue weighted by molar-refractivity contribution is 0.407. The second-order valence-electron chi connectivity index (χ2n) is 6.42. The molecule has 0 unspecified atom stereocenters. The Kier molecular flexibility index (Phi) is 6.48. The van der Waals surface area contributed by atoms with Crippen molar-refractivity contribution in [3.63, 3.8) is 0 Å². The molecule has 3 rings (SSSR count). The number of rotatable bonds is 7. The molecule has 0 aliphatic heterocycles. The summed E-state index contributed by atoms with van der Waals surface area (Å²) in [5.41, 5.74) is 1.05. The number of sulfonamides is 1. The molecule has 0 bridgehead atoms. The molecule has 154 valence electrons. The molecule has 3 aromatic rings. The molecule has 1 N–H and O–H groups in total. The molecule has 0 aliphatic carbocycles. The minimum Gasteiger partial charge on any atom is -0.424 e. The van der Waals surface area contributed by atoms with Gasteiger partial charge in [-0.25, -0.2) is 13.1 Å². The monoisotopic (exact) mass is 454 g/mol. The molecule has 29 heavy (non-hydrogen) atoms. The molecular formula is C19H20Cl2N4O3S. The van der Waals surface area contributed by atoms with E-state index in [-0.39, 0.29) is 21.0 Å². The van der Waals surface area contributed by atoms with Crippen LogP contribution in [0.25, 0.3) is 0 Å². The molecule has 0 spiro atoms. The maximum Gasteiger partial charge on any atom is 0.322 e. The molecule has 1 aromatic heterocycles. The van der Waals surface area contributed by atoms with Gasteiger partial charge in [-0.05, 0) is 56.7 Å². The lowest BCUT2D eigenvalue weighted by Crippen LogP contribution is -2.29. The lowest BCUT2D eigenvalue weighted by atomic mass is 10.2. The molecule has 1 heterocycles. The van der Waals surface area contributed by atoms with Crippen molar-refractivity contribution in [1.29, 1.82) is 0 Å². The summed E-state index contributed by atoms with van der Waals surface area (Å²) < 4.78 is 35.6. The van der Waals surface area contributed by atoms with Crippen LogP contribution in [-0.2, 0) is 16.6 Å². The third-order valence-electron chi connectivity index (χ3n) is 4.18. The first-order valence-electron chi connectivity index (χ1n) is 8.86. The van der Waals surface area contributed by atoms with Gasteiger partial charge in [0.25, 0.3) is 0 Å². The molecule has 0 aliphatic rings. The predicted molar refractivity (Wildman–Crippen MR) is 112 cm³/mol. The molecule has 2 aromatic carbocycles. The molecule has 0 fully saturated rings. The molecule has 0 radical (unpaired) electrons. The van der Waals surface area contributed by atoms with Crippen LogP contribution < -0.4 is 9.46 Å². The van der Waals surface area contributed by atoms with E-state index in [1.54, 1.807) is 11.5 Å². The molecule has 0 saturated carbocycles. The number of aryl methyl sites for hydroxylation is 1. The summed E-state index contributed by atoms with van der Waals surface area (Å²) in [5, 5.41) is 8.65. The summed E-state index contributed by atoms with van der Waals surface area (Å²) in [6, 6.07) is 11.3. The average molecular weight is 455 g/mol. The fourth-order valence-corrected chi connectivity index (χ4v) is 4.36. The Morgan fingerprint density at radius 3 is 2.55 bits per heavy atom. The summed E-state index contributed by atoms with van der Waals surface area (Å²) in [6.45, 7) is 6.04. The van der Waals surface area contributed by atoms with Crippen molar-refractivity contribution in [2.24, 2.45) is 0 Å². The Bertz CT molecular complexity index is 1130. The van der Waals surface area contributed by atoms with Gasteiger partial charge in [0.1, 0.15) is 5.75 Å². The maximum atomic E-state index is 12.7. The van der Waals surface area contributed by atoms with E-state index < -0.39 is 16.1 Å². The highest BCUT2D eigenvalue weighted by Gasteiger charge is 2.24. The number of nitrogens with zero attached hydrogens (tertiary/aromatic N) is 3. The van der Waals surface area contributed by atoms with E-state index >= 15 is 0 Å². The number of halogens is 2. The van der Waals surface area contributed by atoms with Crippen LogP contribution in [0.15, 0.2) is 47.4 Å². The van der Waals surface area contributed by atoms with Gasteiger partial charge in [-0.15, -0.1) is 5.10 Å². The Hall–Kier alpha value is -2.13. The van der Waals surface area contributed by atoms with Crippen molar-refractivity contribution >= 4 is 33.2 Å². The van der Waals surface area contributed by atoms with E-state index in [9.17, 15) is 8.42 Å². The first kappa shape index (κ1) is 21.6. The van der Waals surface area contributed by atoms with Crippen molar-refractivity contribution < 1.29 is 13.2 Å². The van der Waals surface area contributed by atoms with E-state index in [2.05, 4.69) is 14.9 Å². The first-order chi connectivity index (χ1) is 13.7.